The van der Waals surface area contributed by atoms with Gasteiger partial charge in [0.15, 0.2) is 0 Å². The Balaban J connectivity index is 1.20. The molecule has 0 aromatic heterocycles. The number of nitrogens with zero attached hydrogens (tertiary/aromatic N) is 2. The Kier molecular flexibility index (Phi) is 12.3. The molecule has 216 valence electrons. The van der Waals surface area contributed by atoms with Crippen LogP contribution >= 0.6 is 0 Å². The van der Waals surface area contributed by atoms with Gasteiger partial charge in [-0.15, -0.1) is 0 Å². The van der Waals surface area contributed by atoms with Crippen molar-refractivity contribution in [3.05, 3.63) is 77.9 Å². The van der Waals surface area contributed by atoms with Gasteiger partial charge in [0, 0.05) is 12.1 Å². The maximum Gasteiger partial charge on any atom is 0.335 e. The molecule has 10 nitrogen and oxygen atoms in total. The molecule has 0 spiro atoms. The third-order valence-corrected chi connectivity index (χ3v) is 6.19. The quantitative estimate of drug-likeness (QED) is 0.0499. The highest BCUT2D eigenvalue weighted by Crippen LogP contribution is 2.22. The second-order valence-corrected chi connectivity index (χ2v) is 9.54. The van der Waals surface area contributed by atoms with Gasteiger partial charge < -0.3 is 25.4 Å². The van der Waals surface area contributed by atoms with Gasteiger partial charge >= 0.3 is 17.9 Å². The monoisotopic (exact) mass is 561 g/mol. The summed E-state index contributed by atoms with van der Waals surface area (Å²) in [5.41, 5.74) is 7.34. The van der Waals surface area contributed by atoms with Crippen LogP contribution in [0, 0.1) is 0 Å². The second kappa shape index (κ2) is 16.4. The van der Waals surface area contributed by atoms with Crippen LogP contribution in [0.3, 0.4) is 0 Å². The Morgan fingerprint density at radius 2 is 1.12 bits per heavy atom. The number of rotatable bonds is 17. The van der Waals surface area contributed by atoms with Gasteiger partial charge in [-0.25, -0.2) is 9.59 Å². The normalized spacial score (nSPS) is 10.9. The molecule has 0 saturated heterocycles. The van der Waals surface area contributed by atoms with E-state index in [1.165, 1.54) is 0 Å². The number of azo groups is 1. The lowest BCUT2D eigenvalue weighted by Crippen LogP contribution is -2.10. The highest BCUT2D eigenvalue weighted by atomic mass is 16.5. The second-order valence-electron chi connectivity index (χ2n) is 9.54. The van der Waals surface area contributed by atoms with Crippen LogP contribution in [-0.4, -0.2) is 34.7 Å². The van der Waals surface area contributed by atoms with E-state index in [9.17, 15) is 14.4 Å². The fraction of sp³-hybridized carbons (Fsp3) is 0.323. The van der Waals surface area contributed by atoms with E-state index in [0.29, 0.717) is 18.7 Å². The number of nitrogens with two attached hydrogens (primary N) is 1. The number of anilines is 1. The minimum atomic E-state index is -1.29. The van der Waals surface area contributed by atoms with E-state index in [4.69, 9.17) is 25.4 Å². The van der Waals surface area contributed by atoms with Gasteiger partial charge in [0.25, 0.3) is 0 Å². The van der Waals surface area contributed by atoms with Crippen LogP contribution in [0.5, 0.6) is 11.5 Å². The Morgan fingerprint density at radius 1 is 0.634 bits per heavy atom. The molecule has 0 saturated carbocycles. The number of aromatic carboxylic acids is 2. The highest BCUT2D eigenvalue weighted by Gasteiger charge is 2.14. The van der Waals surface area contributed by atoms with E-state index >= 15 is 0 Å². The maximum absolute atomic E-state index is 12.1. The fourth-order valence-electron chi connectivity index (χ4n) is 3.97. The van der Waals surface area contributed by atoms with Gasteiger partial charge in [-0.1, -0.05) is 38.5 Å². The molecule has 0 aliphatic carbocycles. The van der Waals surface area contributed by atoms with Crippen LogP contribution in [0.15, 0.2) is 77.0 Å². The van der Waals surface area contributed by atoms with E-state index in [1.54, 1.807) is 12.1 Å². The third-order valence-electron chi connectivity index (χ3n) is 6.19. The summed E-state index contributed by atoms with van der Waals surface area (Å²) >= 11 is 0. The van der Waals surface area contributed by atoms with Gasteiger partial charge in [-0.3, -0.25) is 4.79 Å². The number of hydrogen-bond acceptors (Lipinski definition) is 8. The molecule has 10 heteroatoms. The van der Waals surface area contributed by atoms with E-state index in [-0.39, 0.29) is 23.3 Å². The molecule has 0 bridgehead atoms. The summed E-state index contributed by atoms with van der Waals surface area (Å²) in [4.78, 5) is 34.4. The van der Waals surface area contributed by atoms with Crippen LogP contribution in [0.1, 0.15) is 78.5 Å². The molecule has 0 fully saturated rings. The number of nitrogen functional groups attached to an aromatic ring is 1. The Labute approximate surface area is 238 Å². The first-order valence-electron chi connectivity index (χ1n) is 13.6. The SMILES string of the molecule is Nc1ccc(N=Nc2ccc(OCCCCCCCCCCC(=O)Oc3cc(C(=O)O)cc(C(=O)O)c3)cc2)cc1. The number of unbranched alkanes of at least 4 members (excludes halogenated alkanes) is 7. The first-order chi connectivity index (χ1) is 19.8. The van der Waals surface area contributed by atoms with Gasteiger partial charge in [-0.05, 0) is 79.6 Å². The molecule has 0 amide bonds. The van der Waals surface area contributed by atoms with Crippen LogP contribution in [-0.2, 0) is 4.79 Å². The molecule has 0 radical (unpaired) electrons. The molecule has 0 atom stereocenters. The van der Waals surface area contributed by atoms with Crippen LogP contribution in [0.25, 0.3) is 0 Å². The lowest BCUT2D eigenvalue weighted by Gasteiger charge is -2.07. The van der Waals surface area contributed by atoms with Crippen LogP contribution < -0.4 is 15.2 Å². The average molecular weight is 562 g/mol. The van der Waals surface area contributed by atoms with Crippen molar-refractivity contribution >= 4 is 35.0 Å². The number of benzene rings is 3. The summed E-state index contributed by atoms with van der Waals surface area (Å²) in [7, 11) is 0. The number of carboxylic acids is 2. The van der Waals surface area contributed by atoms with Crippen molar-refractivity contribution in [2.75, 3.05) is 12.3 Å². The molecular formula is C31H35N3O7. The smallest absolute Gasteiger partial charge is 0.335 e. The zero-order valence-electron chi connectivity index (χ0n) is 22.8. The first kappa shape index (κ1) is 30.8. The van der Waals surface area contributed by atoms with Crippen molar-refractivity contribution in [2.45, 2.75) is 57.8 Å². The number of ether oxygens (including phenoxy) is 2. The van der Waals surface area contributed by atoms with Crippen LogP contribution in [0.2, 0.25) is 0 Å². The molecule has 0 unspecified atom stereocenters. The van der Waals surface area contributed by atoms with Crippen molar-refractivity contribution in [3.63, 3.8) is 0 Å². The zero-order valence-corrected chi connectivity index (χ0v) is 22.8. The summed E-state index contributed by atoms with van der Waals surface area (Å²) in [6, 6.07) is 18.0. The molecular weight excluding hydrogens is 526 g/mol. The van der Waals surface area contributed by atoms with Crippen LogP contribution in [0.4, 0.5) is 17.1 Å². The van der Waals surface area contributed by atoms with E-state index in [1.807, 2.05) is 36.4 Å². The molecule has 0 heterocycles. The maximum atomic E-state index is 12.1. The Bertz CT molecular complexity index is 1290. The van der Waals surface area contributed by atoms with E-state index in [0.717, 1.165) is 80.3 Å². The van der Waals surface area contributed by atoms with Gasteiger partial charge in [0.2, 0.25) is 0 Å². The molecule has 3 aromatic carbocycles. The van der Waals surface area contributed by atoms with E-state index < -0.39 is 17.9 Å². The minimum Gasteiger partial charge on any atom is -0.494 e. The van der Waals surface area contributed by atoms with E-state index in [2.05, 4.69) is 10.2 Å². The molecule has 3 aromatic rings. The predicted octanol–water partition coefficient (Wildman–Crippen LogP) is 7.58. The lowest BCUT2D eigenvalue weighted by molar-refractivity contribution is -0.134. The summed E-state index contributed by atoms with van der Waals surface area (Å²) in [6.45, 7) is 0.651. The van der Waals surface area contributed by atoms with Crippen molar-refractivity contribution in [1.29, 1.82) is 0 Å². The average Bonchev–Trinajstić information content (AvgIpc) is 2.96. The topological polar surface area (TPSA) is 161 Å². The molecule has 4 N–H and O–H groups in total. The van der Waals surface area contributed by atoms with Gasteiger partial charge in [0.1, 0.15) is 11.5 Å². The molecule has 41 heavy (non-hydrogen) atoms. The predicted molar refractivity (Wildman–Crippen MR) is 155 cm³/mol. The summed E-state index contributed by atoms with van der Waals surface area (Å²) < 4.78 is 11.0. The highest BCUT2D eigenvalue weighted by molar-refractivity contribution is 5.94. The number of esters is 1. The largest absolute Gasteiger partial charge is 0.494 e. The number of carbonyl (C=O) groups excluding carboxylic acids is 1. The van der Waals surface area contributed by atoms with Crippen molar-refractivity contribution in [3.8, 4) is 11.5 Å². The van der Waals surface area contributed by atoms with Gasteiger partial charge in [0.05, 0.1) is 29.1 Å². The Morgan fingerprint density at radius 3 is 1.66 bits per heavy atom. The lowest BCUT2D eigenvalue weighted by atomic mass is 10.1. The number of carbonyl (C=O) groups is 3. The van der Waals surface area contributed by atoms with Gasteiger partial charge in [-0.2, -0.15) is 10.2 Å². The number of carboxylic acid groups (broad SMARTS) is 2. The summed E-state index contributed by atoms with van der Waals surface area (Å²) in [5.74, 6) is -2.38. The molecule has 0 aliphatic rings. The van der Waals surface area contributed by atoms with Crippen molar-refractivity contribution < 1.29 is 34.1 Å². The zero-order chi connectivity index (χ0) is 29.5. The number of hydrogen-bond donors (Lipinski definition) is 3. The summed E-state index contributed by atoms with van der Waals surface area (Å²) in [5, 5.41) is 26.6. The first-order valence-corrected chi connectivity index (χ1v) is 13.6. The van der Waals surface area contributed by atoms with Crippen molar-refractivity contribution in [1.82, 2.24) is 0 Å². The molecule has 3 rings (SSSR count). The standard InChI is InChI=1S/C31H35N3O7/c32-24-10-12-25(13-11-24)33-34-26-14-16-27(17-15-26)40-18-8-6-4-2-1-3-5-7-9-29(35)41-28-20-22(30(36)37)19-23(21-28)31(38)39/h10-17,19-21H,1-9,18,32H2,(H,36,37)(H,38,39). The third kappa shape index (κ3) is 11.5. The van der Waals surface area contributed by atoms with Crippen molar-refractivity contribution in [2.24, 2.45) is 10.2 Å². The Hall–Kier alpha value is -4.73. The summed E-state index contributed by atoms with van der Waals surface area (Å²) in [6.07, 6.45) is 8.06. The fourth-order valence-corrected chi connectivity index (χ4v) is 3.97. The molecule has 0 aliphatic heterocycles. The minimum absolute atomic E-state index is 0.0785.